The summed E-state index contributed by atoms with van der Waals surface area (Å²) in [4.78, 5) is 40.5. The van der Waals surface area contributed by atoms with Gasteiger partial charge in [-0.3, -0.25) is 9.59 Å². The second-order valence-corrected chi connectivity index (χ2v) is 8.75. The van der Waals surface area contributed by atoms with Gasteiger partial charge >= 0.3 is 12.2 Å². The molecular formula is C27H24F3N3O3. The molecule has 0 saturated carbocycles. The molecule has 0 aromatic heterocycles. The minimum absolute atomic E-state index is 0.117. The number of carbonyl (C=O) groups is 3. The molecule has 0 radical (unpaired) electrons. The Morgan fingerprint density at radius 3 is 1.86 bits per heavy atom. The van der Waals surface area contributed by atoms with Gasteiger partial charge in [-0.15, -0.1) is 0 Å². The van der Waals surface area contributed by atoms with E-state index in [1.54, 1.807) is 0 Å². The lowest BCUT2D eigenvalue weighted by molar-refractivity contribution is -0.137. The fourth-order valence-corrected chi connectivity index (χ4v) is 4.29. The van der Waals surface area contributed by atoms with Gasteiger partial charge in [0.1, 0.15) is 11.6 Å². The van der Waals surface area contributed by atoms with Crippen molar-refractivity contribution in [2.24, 2.45) is 0 Å². The fourth-order valence-electron chi connectivity index (χ4n) is 4.29. The second-order valence-electron chi connectivity index (χ2n) is 8.75. The predicted molar refractivity (Wildman–Crippen MR) is 128 cm³/mol. The average molecular weight is 496 g/mol. The van der Waals surface area contributed by atoms with E-state index in [9.17, 15) is 27.6 Å². The third-order valence-electron chi connectivity index (χ3n) is 6.14. The fraction of sp³-hybridized carbons (Fsp3) is 0.222. The van der Waals surface area contributed by atoms with Crippen molar-refractivity contribution < 1.29 is 27.6 Å². The van der Waals surface area contributed by atoms with E-state index in [4.69, 9.17) is 0 Å². The molecule has 1 aliphatic heterocycles. The smallest absolute Gasteiger partial charge is 0.324 e. The van der Waals surface area contributed by atoms with Gasteiger partial charge < -0.3 is 10.6 Å². The van der Waals surface area contributed by atoms with Crippen LogP contribution in [0.4, 0.5) is 23.7 Å². The number of imide groups is 1. The van der Waals surface area contributed by atoms with Crippen LogP contribution < -0.4 is 10.6 Å². The van der Waals surface area contributed by atoms with E-state index < -0.39 is 41.2 Å². The number of hydrogen-bond acceptors (Lipinski definition) is 3. The third-order valence-corrected chi connectivity index (χ3v) is 6.14. The first-order valence-corrected chi connectivity index (χ1v) is 11.3. The second kappa shape index (κ2) is 9.85. The zero-order valence-corrected chi connectivity index (χ0v) is 19.4. The summed E-state index contributed by atoms with van der Waals surface area (Å²) in [5, 5.41) is 5.31. The number of benzene rings is 3. The summed E-state index contributed by atoms with van der Waals surface area (Å²) in [5.41, 5.74) is -0.361. The van der Waals surface area contributed by atoms with Gasteiger partial charge in [0, 0.05) is 18.5 Å². The third kappa shape index (κ3) is 5.25. The lowest BCUT2D eigenvalue weighted by atomic mass is 9.84. The predicted octanol–water partition coefficient (Wildman–Crippen LogP) is 4.81. The minimum Gasteiger partial charge on any atom is -0.324 e. The van der Waals surface area contributed by atoms with Crippen LogP contribution in [0.1, 0.15) is 23.6 Å². The summed E-state index contributed by atoms with van der Waals surface area (Å²) < 4.78 is 38.4. The first-order chi connectivity index (χ1) is 17.1. The van der Waals surface area contributed by atoms with Crippen molar-refractivity contribution in [1.29, 1.82) is 0 Å². The molecule has 1 heterocycles. The van der Waals surface area contributed by atoms with Gasteiger partial charge in [-0.1, -0.05) is 60.7 Å². The van der Waals surface area contributed by atoms with Gasteiger partial charge in [-0.2, -0.15) is 13.2 Å². The summed E-state index contributed by atoms with van der Waals surface area (Å²) in [6.07, 6.45) is -4.06. The van der Waals surface area contributed by atoms with E-state index in [2.05, 4.69) is 10.6 Å². The molecule has 4 amide bonds. The topological polar surface area (TPSA) is 78.5 Å². The Kier molecular flexibility index (Phi) is 6.83. The van der Waals surface area contributed by atoms with Crippen LogP contribution in [0.25, 0.3) is 0 Å². The normalized spacial score (nSPS) is 15.9. The van der Waals surface area contributed by atoms with Crippen molar-refractivity contribution in [3.63, 3.8) is 0 Å². The minimum atomic E-state index is -4.50. The molecule has 3 aromatic rings. The number of alkyl halides is 3. The zero-order valence-electron chi connectivity index (χ0n) is 19.4. The number of nitrogens with one attached hydrogen (secondary N) is 2. The molecule has 1 atom stereocenters. The monoisotopic (exact) mass is 495 g/mol. The van der Waals surface area contributed by atoms with Crippen molar-refractivity contribution in [2.75, 3.05) is 5.32 Å². The Hall–Kier alpha value is -4.14. The molecule has 186 valence electrons. The molecule has 1 fully saturated rings. The zero-order chi connectivity index (χ0) is 25.9. The highest BCUT2D eigenvalue weighted by molar-refractivity contribution is 6.11. The molecule has 0 aliphatic carbocycles. The number of nitrogens with zero attached hydrogens (tertiary/aromatic N) is 1. The van der Waals surface area contributed by atoms with E-state index in [1.807, 2.05) is 60.7 Å². The Labute approximate surface area is 206 Å². The number of rotatable bonds is 7. The molecule has 36 heavy (non-hydrogen) atoms. The number of carbonyl (C=O) groups excluding carboxylic acids is 3. The van der Waals surface area contributed by atoms with Gasteiger partial charge in [0.15, 0.2) is 0 Å². The Morgan fingerprint density at radius 2 is 1.39 bits per heavy atom. The highest BCUT2D eigenvalue weighted by Crippen LogP contribution is 2.31. The molecule has 9 heteroatoms. The standard InChI is InChI=1S/C27H24F3N3O3/c1-18(23(34)31-22-14-12-21(13-15-22)27(28,29)30)33-24(35)26(32-25(33)36,16-19-8-4-2-5-9-19)17-20-10-6-3-7-11-20/h2-15,18H,16-17H2,1H3,(H,31,34)(H,32,36). The highest BCUT2D eigenvalue weighted by Gasteiger charge is 2.53. The molecule has 0 bridgehead atoms. The van der Waals surface area contributed by atoms with Crippen LogP contribution in [0.2, 0.25) is 0 Å². The van der Waals surface area contributed by atoms with E-state index in [-0.39, 0.29) is 18.5 Å². The summed E-state index contributed by atoms with van der Waals surface area (Å²) in [6.45, 7) is 1.40. The lowest BCUT2D eigenvalue weighted by Crippen LogP contribution is -2.52. The number of urea groups is 1. The van der Waals surface area contributed by atoms with E-state index in [1.165, 1.54) is 6.92 Å². The summed E-state index contributed by atoms with van der Waals surface area (Å²) in [7, 11) is 0. The molecule has 1 aliphatic rings. The maximum absolute atomic E-state index is 13.7. The molecule has 6 nitrogen and oxygen atoms in total. The maximum atomic E-state index is 13.7. The van der Waals surface area contributed by atoms with E-state index in [0.29, 0.717) is 0 Å². The lowest BCUT2D eigenvalue weighted by Gasteiger charge is -2.28. The van der Waals surface area contributed by atoms with Crippen LogP contribution in [0.5, 0.6) is 0 Å². The average Bonchev–Trinajstić information content (AvgIpc) is 3.08. The Bertz CT molecular complexity index is 1200. The van der Waals surface area contributed by atoms with Crippen LogP contribution in [-0.2, 0) is 28.6 Å². The van der Waals surface area contributed by atoms with E-state index in [0.717, 1.165) is 40.3 Å². The molecule has 1 unspecified atom stereocenters. The number of amides is 4. The van der Waals surface area contributed by atoms with Crippen LogP contribution >= 0.6 is 0 Å². The number of halogens is 3. The summed E-state index contributed by atoms with van der Waals surface area (Å²) in [5.74, 6) is -1.25. The maximum Gasteiger partial charge on any atom is 0.416 e. The molecule has 4 rings (SSSR count). The van der Waals surface area contributed by atoms with Crippen molar-refractivity contribution >= 4 is 23.5 Å². The van der Waals surface area contributed by atoms with E-state index >= 15 is 0 Å². The Balaban J connectivity index is 1.57. The van der Waals surface area contributed by atoms with Crippen LogP contribution in [-0.4, -0.2) is 34.3 Å². The van der Waals surface area contributed by atoms with Gasteiger partial charge in [0.05, 0.1) is 5.56 Å². The van der Waals surface area contributed by atoms with Crippen LogP contribution in [0, 0.1) is 0 Å². The van der Waals surface area contributed by atoms with Gasteiger partial charge in [0.2, 0.25) is 5.91 Å². The molecule has 1 saturated heterocycles. The first-order valence-electron chi connectivity index (χ1n) is 11.3. The largest absolute Gasteiger partial charge is 0.416 e. The molecular weight excluding hydrogens is 471 g/mol. The first kappa shape index (κ1) is 25.0. The molecule has 2 N–H and O–H groups in total. The van der Waals surface area contributed by atoms with Gasteiger partial charge in [-0.25, -0.2) is 9.69 Å². The van der Waals surface area contributed by atoms with Gasteiger partial charge in [-0.05, 0) is 42.3 Å². The van der Waals surface area contributed by atoms with Crippen molar-refractivity contribution in [3.8, 4) is 0 Å². The number of hydrogen-bond donors (Lipinski definition) is 2. The molecule has 0 spiro atoms. The Morgan fingerprint density at radius 1 is 0.889 bits per heavy atom. The summed E-state index contributed by atoms with van der Waals surface area (Å²) >= 11 is 0. The highest BCUT2D eigenvalue weighted by atomic mass is 19.4. The quantitative estimate of drug-likeness (QED) is 0.462. The summed E-state index contributed by atoms with van der Waals surface area (Å²) in [6, 6.07) is 20.5. The van der Waals surface area contributed by atoms with Crippen LogP contribution in [0.3, 0.4) is 0 Å². The molecule has 3 aromatic carbocycles. The van der Waals surface area contributed by atoms with Crippen molar-refractivity contribution in [1.82, 2.24) is 10.2 Å². The van der Waals surface area contributed by atoms with Gasteiger partial charge in [0.25, 0.3) is 5.91 Å². The SMILES string of the molecule is CC(C(=O)Nc1ccc(C(F)(F)F)cc1)N1C(=O)NC(Cc2ccccc2)(Cc2ccccc2)C1=O. The number of anilines is 1. The van der Waals surface area contributed by atoms with Crippen LogP contribution in [0.15, 0.2) is 84.9 Å². The van der Waals surface area contributed by atoms with Crippen molar-refractivity contribution in [3.05, 3.63) is 102 Å². The van der Waals surface area contributed by atoms with Crippen molar-refractivity contribution in [2.45, 2.75) is 37.5 Å².